The first-order valence-electron chi connectivity index (χ1n) is 5.91. The minimum absolute atomic E-state index is 0.0490. The summed E-state index contributed by atoms with van der Waals surface area (Å²) >= 11 is 7.65. The number of hydrogen-bond acceptors (Lipinski definition) is 3. The molecule has 18 heavy (non-hydrogen) atoms. The summed E-state index contributed by atoms with van der Waals surface area (Å²) in [6.45, 7) is 4.06. The fourth-order valence-corrected chi connectivity index (χ4v) is 2.45. The van der Waals surface area contributed by atoms with Crippen molar-refractivity contribution in [2.75, 3.05) is 11.5 Å². The lowest BCUT2D eigenvalue weighted by molar-refractivity contribution is 0.0937. The largest absolute Gasteiger partial charge is 0.507 e. The molecule has 0 aromatic heterocycles. The fourth-order valence-electron chi connectivity index (χ4n) is 1.47. The van der Waals surface area contributed by atoms with Gasteiger partial charge in [-0.25, -0.2) is 0 Å². The standard InChI is InChI=1S/C13H18ClNO2S/c1-3-18-7-6-9(2)15-13(17)11-8-10(14)4-5-12(11)16/h4-5,8-9,16H,3,6-7H2,1-2H3,(H,15,17). The summed E-state index contributed by atoms with van der Waals surface area (Å²) in [6.07, 6.45) is 0.908. The molecule has 0 saturated heterocycles. The van der Waals surface area contributed by atoms with E-state index in [0.717, 1.165) is 17.9 Å². The lowest BCUT2D eigenvalue weighted by Crippen LogP contribution is -2.33. The Hall–Kier alpha value is -0.870. The van der Waals surface area contributed by atoms with Crippen molar-refractivity contribution in [2.45, 2.75) is 26.3 Å². The minimum Gasteiger partial charge on any atom is -0.507 e. The Morgan fingerprint density at radius 3 is 2.94 bits per heavy atom. The van der Waals surface area contributed by atoms with Crippen LogP contribution in [0.4, 0.5) is 0 Å². The molecule has 1 aromatic rings. The van der Waals surface area contributed by atoms with Gasteiger partial charge in [0.2, 0.25) is 0 Å². The van der Waals surface area contributed by atoms with Gasteiger partial charge >= 0.3 is 0 Å². The molecule has 1 atom stereocenters. The number of nitrogens with one attached hydrogen (secondary N) is 1. The van der Waals surface area contributed by atoms with Gasteiger partial charge in [0, 0.05) is 11.1 Å². The maximum atomic E-state index is 11.9. The number of benzene rings is 1. The molecule has 0 aliphatic heterocycles. The Morgan fingerprint density at radius 2 is 2.28 bits per heavy atom. The number of phenols is 1. The number of hydrogen-bond donors (Lipinski definition) is 2. The summed E-state index contributed by atoms with van der Waals surface area (Å²) in [5.74, 6) is 1.76. The van der Waals surface area contributed by atoms with Crippen molar-refractivity contribution in [1.29, 1.82) is 0 Å². The quantitative estimate of drug-likeness (QED) is 0.789. The average molecular weight is 288 g/mol. The third-order valence-electron chi connectivity index (χ3n) is 2.48. The number of rotatable bonds is 6. The van der Waals surface area contributed by atoms with Crippen molar-refractivity contribution >= 4 is 29.3 Å². The molecule has 100 valence electrons. The lowest BCUT2D eigenvalue weighted by atomic mass is 10.1. The number of halogens is 1. The molecule has 0 saturated carbocycles. The first-order valence-corrected chi connectivity index (χ1v) is 7.45. The maximum absolute atomic E-state index is 11.9. The summed E-state index contributed by atoms with van der Waals surface area (Å²) in [5.41, 5.74) is 0.220. The summed E-state index contributed by atoms with van der Waals surface area (Å²) < 4.78 is 0. The highest BCUT2D eigenvalue weighted by atomic mass is 35.5. The Kier molecular flexibility index (Phi) is 6.36. The maximum Gasteiger partial charge on any atom is 0.255 e. The third-order valence-corrected chi connectivity index (χ3v) is 3.65. The smallest absolute Gasteiger partial charge is 0.255 e. The summed E-state index contributed by atoms with van der Waals surface area (Å²) in [5, 5.41) is 12.9. The van der Waals surface area contributed by atoms with Gasteiger partial charge in [-0.05, 0) is 43.0 Å². The number of amides is 1. The van der Waals surface area contributed by atoms with Crippen LogP contribution in [0.3, 0.4) is 0 Å². The van der Waals surface area contributed by atoms with Crippen molar-refractivity contribution < 1.29 is 9.90 Å². The number of carbonyl (C=O) groups is 1. The van der Waals surface area contributed by atoms with Gasteiger partial charge in [-0.1, -0.05) is 18.5 Å². The van der Waals surface area contributed by atoms with Crippen LogP contribution in [0.25, 0.3) is 0 Å². The molecule has 1 rings (SSSR count). The second kappa shape index (κ2) is 7.54. The van der Waals surface area contributed by atoms with Gasteiger partial charge in [0.1, 0.15) is 5.75 Å². The van der Waals surface area contributed by atoms with Crippen LogP contribution in [-0.4, -0.2) is 28.6 Å². The highest BCUT2D eigenvalue weighted by Crippen LogP contribution is 2.21. The van der Waals surface area contributed by atoms with Gasteiger partial charge in [-0.2, -0.15) is 11.8 Å². The molecule has 3 nitrogen and oxygen atoms in total. The van der Waals surface area contributed by atoms with Crippen molar-refractivity contribution in [3.63, 3.8) is 0 Å². The van der Waals surface area contributed by atoms with Crippen LogP contribution in [0.5, 0.6) is 5.75 Å². The normalized spacial score (nSPS) is 12.2. The Bertz CT molecular complexity index is 412. The van der Waals surface area contributed by atoms with Gasteiger partial charge in [-0.15, -0.1) is 0 Å². The van der Waals surface area contributed by atoms with E-state index in [0.29, 0.717) is 5.02 Å². The molecule has 0 heterocycles. The van der Waals surface area contributed by atoms with Gasteiger partial charge < -0.3 is 10.4 Å². The molecule has 0 radical (unpaired) electrons. The Labute approximate surface area is 117 Å². The van der Waals surface area contributed by atoms with Gasteiger partial charge in [-0.3, -0.25) is 4.79 Å². The molecule has 0 aliphatic rings. The zero-order valence-corrected chi connectivity index (χ0v) is 12.1. The molecule has 0 fully saturated rings. The van der Waals surface area contributed by atoms with Gasteiger partial charge in [0.25, 0.3) is 5.91 Å². The molecule has 1 aromatic carbocycles. The van der Waals surface area contributed by atoms with E-state index in [1.54, 1.807) is 6.07 Å². The molecule has 1 unspecified atom stereocenters. The lowest BCUT2D eigenvalue weighted by Gasteiger charge is -2.14. The molecule has 0 spiro atoms. The molecule has 0 aliphatic carbocycles. The van der Waals surface area contributed by atoms with Gasteiger partial charge in [0.05, 0.1) is 5.56 Å². The highest BCUT2D eigenvalue weighted by molar-refractivity contribution is 7.99. The first kappa shape index (κ1) is 15.2. The van der Waals surface area contributed by atoms with Crippen LogP contribution < -0.4 is 5.32 Å². The zero-order chi connectivity index (χ0) is 13.5. The number of carbonyl (C=O) groups excluding carboxylic acids is 1. The predicted octanol–water partition coefficient (Wildman–Crippen LogP) is 3.31. The Balaban J connectivity index is 2.56. The minimum atomic E-state index is -0.288. The zero-order valence-electron chi connectivity index (χ0n) is 10.6. The number of aromatic hydroxyl groups is 1. The highest BCUT2D eigenvalue weighted by Gasteiger charge is 2.13. The van der Waals surface area contributed by atoms with E-state index in [1.807, 2.05) is 18.7 Å². The van der Waals surface area contributed by atoms with E-state index in [-0.39, 0.29) is 23.3 Å². The summed E-state index contributed by atoms with van der Waals surface area (Å²) in [4.78, 5) is 11.9. The van der Waals surface area contributed by atoms with Crippen LogP contribution in [-0.2, 0) is 0 Å². The third kappa shape index (κ3) is 4.78. The van der Waals surface area contributed by atoms with Crippen LogP contribution in [0, 0.1) is 0 Å². The molecule has 5 heteroatoms. The molecular weight excluding hydrogens is 270 g/mol. The van der Waals surface area contributed by atoms with Crippen LogP contribution >= 0.6 is 23.4 Å². The average Bonchev–Trinajstić information content (AvgIpc) is 2.32. The molecule has 1 amide bonds. The van der Waals surface area contributed by atoms with Crippen molar-refractivity contribution in [2.24, 2.45) is 0 Å². The predicted molar refractivity (Wildman–Crippen MR) is 77.7 cm³/mol. The van der Waals surface area contributed by atoms with Crippen molar-refractivity contribution in [3.05, 3.63) is 28.8 Å². The topological polar surface area (TPSA) is 49.3 Å². The van der Waals surface area contributed by atoms with Gasteiger partial charge in [0.15, 0.2) is 0 Å². The second-order valence-corrected chi connectivity index (χ2v) is 5.85. The van der Waals surface area contributed by atoms with E-state index in [2.05, 4.69) is 12.2 Å². The van der Waals surface area contributed by atoms with Crippen LogP contribution in [0.1, 0.15) is 30.6 Å². The monoisotopic (exact) mass is 287 g/mol. The van der Waals surface area contributed by atoms with Crippen LogP contribution in [0.15, 0.2) is 18.2 Å². The molecular formula is C13H18ClNO2S. The van der Waals surface area contributed by atoms with Crippen molar-refractivity contribution in [1.82, 2.24) is 5.32 Å². The van der Waals surface area contributed by atoms with E-state index in [4.69, 9.17) is 11.6 Å². The fraction of sp³-hybridized carbons (Fsp3) is 0.462. The second-order valence-electron chi connectivity index (χ2n) is 4.02. The van der Waals surface area contributed by atoms with E-state index in [9.17, 15) is 9.90 Å². The number of phenolic OH excluding ortho intramolecular Hbond substituents is 1. The van der Waals surface area contributed by atoms with Crippen LogP contribution in [0.2, 0.25) is 5.02 Å². The van der Waals surface area contributed by atoms with E-state index in [1.165, 1.54) is 12.1 Å². The summed E-state index contributed by atoms with van der Waals surface area (Å²) in [6, 6.07) is 4.53. The first-order chi connectivity index (χ1) is 8.54. The van der Waals surface area contributed by atoms with E-state index >= 15 is 0 Å². The Morgan fingerprint density at radius 1 is 1.56 bits per heavy atom. The molecule has 2 N–H and O–H groups in total. The number of thioether (sulfide) groups is 1. The SMILES string of the molecule is CCSCCC(C)NC(=O)c1cc(Cl)ccc1O. The van der Waals surface area contributed by atoms with E-state index < -0.39 is 0 Å². The summed E-state index contributed by atoms with van der Waals surface area (Å²) in [7, 11) is 0. The molecule has 0 bridgehead atoms. The van der Waals surface area contributed by atoms with Crippen molar-refractivity contribution in [3.8, 4) is 5.75 Å².